The number of rotatable bonds is 0. The zero-order valence-corrected chi connectivity index (χ0v) is 15.4. The van der Waals surface area contributed by atoms with Gasteiger partial charge < -0.3 is 0 Å². The third-order valence-electron chi connectivity index (χ3n) is 3.64. The van der Waals surface area contributed by atoms with Crippen LogP contribution >= 0.6 is 48.9 Å². The second-order valence-corrected chi connectivity index (χ2v) is 7.88. The van der Waals surface area contributed by atoms with Crippen molar-refractivity contribution in [2.24, 2.45) is 0 Å². The molecule has 0 heterocycles. The van der Waals surface area contributed by atoms with Crippen LogP contribution in [0.4, 0.5) is 0 Å². The molecule has 20 heavy (non-hydrogen) atoms. The molecule has 4 heteroatoms. The van der Waals surface area contributed by atoms with Gasteiger partial charge in [0, 0.05) is 0 Å². The maximum absolute atomic E-state index is 5.43. The molecule has 0 nitrogen and oxygen atoms in total. The van der Waals surface area contributed by atoms with Crippen molar-refractivity contribution < 1.29 is 0 Å². The zero-order chi connectivity index (χ0) is 14.8. The summed E-state index contributed by atoms with van der Waals surface area (Å²) in [6.45, 7) is 0. The standard InChI is InChI=1S/C16H24S4/c17-13-5-1-6-14(18)8-3-10-16(20)12-4-11-15(19)9-2-7-13/h1-12H2. The predicted octanol–water partition coefficient (Wildman–Crippen LogP) is 6.16. The molecule has 112 valence electrons. The molecule has 0 aromatic heterocycles. The molecule has 0 atom stereocenters. The Morgan fingerprint density at radius 2 is 0.500 bits per heavy atom. The van der Waals surface area contributed by atoms with Gasteiger partial charge in [-0.3, -0.25) is 0 Å². The molecule has 1 rings (SSSR count). The summed E-state index contributed by atoms with van der Waals surface area (Å²) in [6, 6.07) is 0. The summed E-state index contributed by atoms with van der Waals surface area (Å²) in [5, 5.41) is 0. The summed E-state index contributed by atoms with van der Waals surface area (Å²) < 4.78 is 0. The Bertz CT molecular complexity index is 275. The Balaban J connectivity index is 2.41. The topological polar surface area (TPSA) is 0 Å². The van der Waals surface area contributed by atoms with Gasteiger partial charge in [-0.25, -0.2) is 0 Å². The first-order chi connectivity index (χ1) is 9.58. The van der Waals surface area contributed by atoms with E-state index in [1.807, 2.05) is 0 Å². The van der Waals surface area contributed by atoms with Crippen LogP contribution in [-0.4, -0.2) is 19.5 Å². The van der Waals surface area contributed by atoms with Crippen molar-refractivity contribution >= 4 is 68.3 Å². The van der Waals surface area contributed by atoms with Crippen LogP contribution < -0.4 is 0 Å². The Labute approximate surface area is 145 Å². The van der Waals surface area contributed by atoms with E-state index in [0.717, 1.165) is 77.0 Å². The summed E-state index contributed by atoms with van der Waals surface area (Å²) in [5.41, 5.74) is 0. The highest BCUT2D eigenvalue weighted by molar-refractivity contribution is 7.81. The molecule has 0 aromatic rings. The summed E-state index contributed by atoms with van der Waals surface area (Å²) in [4.78, 5) is 4.79. The Kier molecular flexibility index (Phi) is 10.1. The highest BCUT2D eigenvalue weighted by atomic mass is 32.1. The second-order valence-electron chi connectivity index (χ2n) is 5.57. The van der Waals surface area contributed by atoms with Crippen LogP contribution in [-0.2, 0) is 0 Å². The second kappa shape index (κ2) is 11.0. The Hall–Kier alpha value is 0.360. The van der Waals surface area contributed by atoms with E-state index < -0.39 is 0 Å². The lowest BCUT2D eigenvalue weighted by Gasteiger charge is -2.09. The SMILES string of the molecule is S=C1CCCC(=S)CCCC(=S)CCCC(=S)CCC1. The van der Waals surface area contributed by atoms with Crippen molar-refractivity contribution in [2.45, 2.75) is 77.0 Å². The lowest BCUT2D eigenvalue weighted by atomic mass is 10.0. The molecule has 1 aliphatic rings. The molecule has 1 aliphatic carbocycles. The molecule has 0 radical (unpaired) electrons. The van der Waals surface area contributed by atoms with Crippen LogP contribution in [0.1, 0.15) is 77.0 Å². The van der Waals surface area contributed by atoms with Crippen molar-refractivity contribution in [3.8, 4) is 0 Å². The molecule has 0 unspecified atom stereocenters. The maximum atomic E-state index is 5.43. The molecule has 0 spiro atoms. The van der Waals surface area contributed by atoms with Crippen molar-refractivity contribution in [2.75, 3.05) is 0 Å². The quantitative estimate of drug-likeness (QED) is 0.482. The van der Waals surface area contributed by atoms with Gasteiger partial charge >= 0.3 is 0 Å². The van der Waals surface area contributed by atoms with Crippen LogP contribution in [0, 0.1) is 0 Å². The molecule has 0 saturated heterocycles. The monoisotopic (exact) mass is 344 g/mol. The minimum atomic E-state index is 1.04. The first-order valence-corrected chi connectivity index (χ1v) is 9.28. The maximum Gasteiger partial charge on any atom is -0.00713 e. The average Bonchev–Trinajstić information content (AvgIpc) is 2.37. The Morgan fingerprint density at radius 3 is 0.650 bits per heavy atom. The largest absolute Gasteiger partial charge is 0.0897 e. The first kappa shape index (κ1) is 18.4. The minimum Gasteiger partial charge on any atom is -0.0897 e. The van der Waals surface area contributed by atoms with Crippen LogP contribution in [0.3, 0.4) is 0 Å². The number of hydrogen-bond donors (Lipinski definition) is 0. The predicted molar refractivity (Wildman–Crippen MR) is 106 cm³/mol. The fourth-order valence-electron chi connectivity index (χ4n) is 2.43. The molecule has 1 saturated carbocycles. The fraction of sp³-hybridized carbons (Fsp3) is 0.750. The fourth-order valence-corrected chi connectivity index (χ4v) is 3.59. The van der Waals surface area contributed by atoms with Gasteiger partial charge in [0.25, 0.3) is 0 Å². The van der Waals surface area contributed by atoms with E-state index in [9.17, 15) is 0 Å². The van der Waals surface area contributed by atoms with Crippen LogP contribution in [0.5, 0.6) is 0 Å². The van der Waals surface area contributed by atoms with E-state index in [2.05, 4.69) is 0 Å². The van der Waals surface area contributed by atoms with E-state index in [4.69, 9.17) is 48.9 Å². The van der Waals surface area contributed by atoms with Gasteiger partial charge in [0.2, 0.25) is 0 Å². The summed E-state index contributed by atoms with van der Waals surface area (Å²) >= 11 is 21.7. The first-order valence-electron chi connectivity index (χ1n) is 7.64. The third kappa shape index (κ3) is 9.32. The average molecular weight is 345 g/mol. The Morgan fingerprint density at radius 1 is 0.350 bits per heavy atom. The summed E-state index contributed by atoms with van der Waals surface area (Å²) in [7, 11) is 0. The van der Waals surface area contributed by atoms with Crippen molar-refractivity contribution in [1.29, 1.82) is 0 Å². The van der Waals surface area contributed by atoms with E-state index in [1.165, 1.54) is 19.5 Å². The number of thiocarbonyl (C=S) groups is 4. The molecule has 0 N–H and O–H groups in total. The minimum absolute atomic E-state index is 1.04. The van der Waals surface area contributed by atoms with Gasteiger partial charge in [0.1, 0.15) is 0 Å². The van der Waals surface area contributed by atoms with E-state index in [0.29, 0.717) is 0 Å². The smallest absolute Gasteiger partial charge is 0.00713 e. The molecule has 0 bridgehead atoms. The van der Waals surface area contributed by atoms with Gasteiger partial charge in [-0.05, 0) is 96.5 Å². The molecule has 0 aromatic carbocycles. The van der Waals surface area contributed by atoms with Gasteiger partial charge in [0.05, 0.1) is 0 Å². The third-order valence-corrected chi connectivity index (χ3v) is 5.28. The molecule has 0 amide bonds. The molecule has 1 fully saturated rings. The normalized spacial score (nSPS) is 22.0. The van der Waals surface area contributed by atoms with Crippen LogP contribution in [0.15, 0.2) is 0 Å². The van der Waals surface area contributed by atoms with E-state index in [1.54, 1.807) is 0 Å². The summed E-state index contributed by atoms with van der Waals surface area (Å²) in [5.74, 6) is 0. The lowest BCUT2D eigenvalue weighted by Crippen LogP contribution is -2.04. The number of hydrogen-bond acceptors (Lipinski definition) is 4. The summed E-state index contributed by atoms with van der Waals surface area (Å²) in [6.07, 6.45) is 12.8. The lowest BCUT2D eigenvalue weighted by molar-refractivity contribution is 0.826. The van der Waals surface area contributed by atoms with Crippen molar-refractivity contribution in [3.05, 3.63) is 0 Å². The van der Waals surface area contributed by atoms with Crippen LogP contribution in [0.25, 0.3) is 0 Å². The molecular weight excluding hydrogens is 320 g/mol. The van der Waals surface area contributed by atoms with Gasteiger partial charge in [-0.1, -0.05) is 48.9 Å². The molecular formula is C16H24S4. The van der Waals surface area contributed by atoms with Gasteiger partial charge in [0.15, 0.2) is 0 Å². The van der Waals surface area contributed by atoms with Crippen LogP contribution in [0.2, 0.25) is 0 Å². The van der Waals surface area contributed by atoms with Crippen molar-refractivity contribution in [1.82, 2.24) is 0 Å². The highest BCUT2D eigenvalue weighted by Crippen LogP contribution is 2.14. The van der Waals surface area contributed by atoms with E-state index >= 15 is 0 Å². The molecule has 0 aliphatic heterocycles. The van der Waals surface area contributed by atoms with Crippen molar-refractivity contribution in [3.63, 3.8) is 0 Å². The van der Waals surface area contributed by atoms with Gasteiger partial charge in [-0.2, -0.15) is 0 Å². The van der Waals surface area contributed by atoms with E-state index in [-0.39, 0.29) is 0 Å². The zero-order valence-electron chi connectivity index (χ0n) is 12.1. The highest BCUT2D eigenvalue weighted by Gasteiger charge is 2.06. The van der Waals surface area contributed by atoms with Gasteiger partial charge in [-0.15, -0.1) is 0 Å².